The summed E-state index contributed by atoms with van der Waals surface area (Å²) in [7, 11) is 0. The smallest absolute Gasteiger partial charge is 0.181 e. The molecule has 1 aliphatic carbocycles. The van der Waals surface area contributed by atoms with Crippen LogP contribution < -0.4 is 4.74 Å². The maximum Gasteiger partial charge on any atom is 0.181 e. The third-order valence-corrected chi connectivity index (χ3v) is 7.32. The molecule has 0 spiro atoms. The number of rotatable bonds is 2. The Morgan fingerprint density at radius 3 is 2.55 bits per heavy atom. The molecule has 2 aromatic carbocycles. The van der Waals surface area contributed by atoms with E-state index in [4.69, 9.17) is 21.1 Å². The normalized spacial score (nSPS) is 34.0. The summed E-state index contributed by atoms with van der Waals surface area (Å²) in [5.74, 6) is 0.538. The maximum atomic E-state index is 12.3. The van der Waals surface area contributed by atoms with E-state index < -0.39 is 17.3 Å². The molecule has 3 aromatic rings. The lowest BCUT2D eigenvalue weighted by Crippen LogP contribution is -2.54. The molecule has 1 unspecified atom stereocenters. The summed E-state index contributed by atoms with van der Waals surface area (Å²) < 4.78 is 13.6. The molecule has 3 heterocycles. The van der Waals surface area contributed by atoms with Crippen molar-refractivity contribution >= 4 is 27.5 Å². The van der Waals surface area contributed by atoms with Crippen molar-refractivity contribution in [1.29, 1.82) is 0 Å². The molecule has 6 heteroatoms. The van der Waals surface area contributed by atoms with Crippen LogP contribution >= 0.6 is 27.5 Å². The fourth-order valence-electron chi connectivity index (χ4n) is 5.46. The third-order valence-electron chi connectivity index (χ3n) is 6.58. The molecular formula is C23H17BrClNO3. The predicted octanol–water partition coefficient (Wildman–Crippen LogP) is 4.79. The summed E-state index contributed by atoms with van der Waals surface area (Å²) in [6.45, 7) is 0.580. The minimum absolute atomic E-state index is 0.0957. The van der Waals surface area contributed by atoms with Crippen LogP contribution in [0.5, 0.6) is 5.75 Å². The number of aromatic nitrogens is 1. The minimum Gasteiger partial charge on any atom is -0.476 e. The highest BCUT2D eigenvalue weighted by Crippen LogP contribution is 2.70. The lowest BCUT2D eigenvalue weighted by molar-refractivity contribution is -0.208. The molecule has 1 N–H and O–H groups in total. The maximum absolute atomic E-state index is 12.3. The highest BCUT2D eigenvalue weighted by molar-refractivity contribution is 9.10. The van der Waals surface area contributed by atoms with E-state index in [9.17, 15) is 5.11 Å². The Morgan fingerprint density at radius 1 is 1.10 bits per heavy atom. The van der Waals surface area contributed by atoms with Gasteiger partial charge < -0.3 is 14.6 Å². The first-order valence-electron chi connectivity index (χ1n) is 9.56. The summed E-state index contributed by atoms with van der Waals surface area (Å²) in [6.07, 6.45) is 1.16. The van der Waals surface area contributed by atoms with E-state index in [1.54, 1.807) is 12.3 Å². The van der Waals surface area contributed by atoms with Gasteiger partial charge in [-0.15, -0.1) is 0 Å². The zero-order valence-electron chi connectivity index (χ0n) is 15.3. The van der Waals surface area contributed by atoms with Crippen LogP contribution in [-0.4, -0.2) is 22.8 Å². The van der Waals surface area contributed by atoms with Gasteiger partial charge in [0, 0.05) is 28.6 Å². The standard InChI is InChI=1S/C23H17BrClNO3/c24-15-8-6-14(7-9-15)23-19(13-4-2-1-3-5-13)17-12-28-21(17)22(23,27)20-18(29-23)10-16(25)11-26-20/h1-11,17,19,21,27H,12H2/t17-,19-,21?,22+,23+/m1/s1. The monoisotopic (exact) mass is 469 g/mol. The second kappa shape index (κ2) is 6.05. The molecule has 1 saturated heterocycles. The molecule has 6 rings (SSSR count). The van der Waals surface area contributed by atoms with Crippen molar-refractivity contribution in [3.8, 4) is 5.75 Å². The fraction of sp³-hybridized carbons (Fsp3) is 0.261. The second-order valence-electron chi connectivity index (χ2n) is 7.92. The van der Waals surface area contributed by atoms with Crippen LogP contribution in [0.25, 0.3) is 0 Å². The van der Waals surface area contributed by atoms with Crippen molar-refractivity contribution in [2.24, 2.45) is 5.92 Å². The van der Waals surface area contributed by atoms with Crippen molar-refractivity contribution in [3.63, 3.8) is 0 Å². The third kappa shape index (κ3) is 2.14. The van der Waals surface area contributed by atoms with Crippen LogP contribution in [0.1, 0.15) is 22.7 Å². The Balaban J connectivity index is 1.66. The van der Waals surface area contributed by atoms with Crippen LogP contribution in [0.4, 0.5) is 0 Å². The van der Waals surface area contributed by atoms with Crippen molar-refractivity contribution in [2.45, 2.75) is 23.2 Å². The van der Waals surface area contributed by atoms with E-state index in [0.29, 0.717) is 23.1 Å². The molecule has 2 aliphatic heterocycles. The van der Waals surface area contributed by atoms with Gasteiger partial charge in [0.05, 0.1) is 11.6 Å². The van der Waals surface area contributed by atoms with E-state index in [1.807, 2.05) is 42.5 Å². The predicted molar refractivity (Wildman–Crippen MR) is 112 cm³/mol. The van der Waals surface area contributed by atoms with Crippen molar-refractivity contribution < 1.29 is 14.6 Å². The zero-order chi connectivity index (χ0) is 19.8. The van der Waals surface area contributed by atoms with E-state index in [1.165, 1.54) is 0 Å². The number of pyridine rings is 1. The summed E-state index contributed by atoms with van der Waals surface area (Å²) in [5.41, 5.74) is 0.0381. The first-order chi connectivity index (χ1) is 14.1. The number of benzene rings is 2. The van der Waals surface area contributed by atoms with Gasteiger partial charge in [-0.1, -0.05) is 70.0 Å². The molecule has 146 valence electrons. The van der Waals surface area contributed by atoms with E-state index in [0.717, 1.165) is 15.6 Å². The van der Waals surface area contributed by atoms with Gasteiger partial charge in [0.2, 0.25) is 0 Å². The lowest BCUT2D eigenvalue weighted by atomic mass is 9.72. The van der Waals surface area contributed by atoms with Gasteiger partial charge in [-0.05, 0) is 23.3 Å². The Labute approximate surface area is 181 Å². The Morgan fingerprint density at radius 2 is 1.86 bits per heavy atom. The SMILES string of the molecule is O[C@]12c3ncc(Cl)cc3O[C@@]1(c1ccc(Br)cc1)[C@H](c1ccccc1)[C@H]1COC12. The van der Waals surface area contributed by atoms with Gasteiger partial charge in [-0.2, -0.15) is 0 Å². The molecule has 29 heavy (non-hydrogen) atoms. The Kier molecular flexibility index (Phi) is 3.73. The van der Waals surface area contributed by atoms with Crippen LogP contribution in [-0.2, 0) is 15.9 Å². The Hall–Kier alpha value is -1.92. The van der Waals surface area contributed by atoms with Crippen molar-refractivity contribution in [3.05, 3.63) is 93.2 Å². The number of hydrogen-bond acceptors (Lipinski definition) is 4. The van der Waals surface area contributed by atoms with Gasteiger partial charge >= 0.3 is 0 Å². The van der Waals surface area contributed by atoms with E-state index >= 15 is 0 Å². The number of aliphatic hydroxyl groups is 1. The Bertz CT molecular complexity index is 1110. The van der Waals surface area contributed by atoms with Gasteiger partial charge in [-0.25, -0.2) is 0 Å². The lowest BCUT2D eigenvalue weighted by Gasteiger charge is -2.40. The van der Waals surface area contributed by atoms with Crippen LogP contribution in [0.2, 0.25) is 5.02 Å². The highest BCUT2D eigenvalue weighted by atomic mass is 79.9. The average molecular weight is 471 g/mol. The summed E-state index contributed by atoms with van der Waals surface area (Å²) in [5, 5.41) is 12.8. The molecule has 0 radical (unpaired) electrons. The van der Waals surface area contributed by atoms with E-state index in [-0.39, 0.29) is 11.8 Å². The fourth-order valence-corrected chi connectivity index (χ4v) is 5.88. The molecule has 4 nitrogen and oxygen atoms in total. The quantitative estimate of drug-likeness (QED) is 0.585. The number of nitrogens with zero attached hydrogens (tertiary/aromatic N) is 1. The van der Waals surface area contributed by atoms with Crippen LogP contribution in [0, 0.1) is 5.92 Å². The molecule has 3 aliphatic rings. The highest BCUT2D eigenvalue weighted by Gasteiger charge is 2.79. The second-order valence-corrected chi connectivity index (χ2v) is 9.27. The van der Waals surface area contributed by atoms with Gasteiger partial charge in [0.1, 0.15) is 17.5 Å². The first-order valence-corrected chi connectivity index (χ1v) is 10.7. The van der Waals surface area contributed by atoms with Crippen LogP contribution in [0.15, 0.2) is 71.3 Å². The summed E-state index contributed by atoms with van der Waals surface area (Å²) in [4.78, 5) is 4.51. The van der Waals surface area contributed by atoms with Gasteiger partial charge in [0.15, 0.2) is 11.2 Å². The number of hydrogen-bond donors (Lipinski definition) is 1. The molecule has 5 atom stereocenters. The van der Waals surface area contributed by atoms with Gasteiger partial charge in [0.25, 0.3) is 0 Å². The summed E-state index contributed by atoms with van der Waals surface area (Å²) >= 11 is 9.72. The van der Waals surface area contributed by atoms with E-state index in [2.05, 4.69) is 33.0 Å². The number of halogens is 2. The van der Waals surface area contributed by atoms with Crippen LogP contribution in [0.3, 0.4) is 0 Å². The number of fused-ring (bicyclic) bond motifs is 5. The first kappa shape index (κ1) is 17.9. The molecule has 2 fully saturated rings. The zero-order valence-corrected chi connectivity index (χ0v) is 17.6. The largest absolute Gasteiger partial charge is 0.476 e. The van der Waals surface area contributed by atoms with Gasteiger partial charge in [-0.3, -0.25) is 4.98 Å². The number of ether oxygens (including phenoxy) is 2. The van der Waals surface area contributed by atoms with Crippen molar-refractivity contribution in [2.75, 3.05) is 6.61 Å². The topological polar surface area (TPSA) is 51.6 Å². The molecule has 0 bridgehead atoms. The summed E-state index contributed by atoms with van der Waals surface area (Å²) in [6, 6.07) is 19.9. The molecule has 1 saturated carbocycles. The average Bonchev–Trinajstić information content (AvgIpc) is 3.02. The molecule has 1 aromatic heterocycles. The molecule has 0 amide bonds. The minimum atomic E-state index is -1.41. The van der Waals surface area contributed by atoms with Crippen molar-refractivity contribution in [1.82, 2.24) is 4.98 Å². The molecular weight excluding hydrogens is 454 g/mol.